The molecule has 0 spiro atoms. The highest BCUT2D eigenvalue weighted by atomic mass is 35.5. The number of nitro groups is 1. The first-order valence-electron chi connectivity index (χ1n) is 22.1. The van der Waals surface area contributed by atoms with Crippen LogP contribution in [0.1, 0.15) is 28.9 Å². The van der Waals surface area contributed by atoms with Crippen LogP contribution in [0.2, 0.25) is 5.02 Å². The third-order valence-corrected chi connectivity index (χ3v) is 15.2. The van der Waals surface area contributed by atoms with Gasteiger partial charge in [0.15, 0.2) is 0 Å². The van der Waals surface area contributed by atoms with Crippen molar-refractivity contribution in [1.82, 2.24) is 14.4 Å². The van der Waals surface area contributed by atoms with Gasteiger partial charge in [-0.25, -0.2) is 8.42 Å². The van der Waals surface area contributed by atoms with Crippen LogP contribution < -0.4 is 19.8 Å². The summed E-state index contributed by atoms with van der Waals surface area (Å²) in [5.41, 5.74) is 7.85. The summed E-state index contributed by atoms with van der Waals surface area (Å²) in [5.74, 6) is 0.726. The van der Waals surface area contributed by atoms with Crippen molar-refractivity contribution in [3.05, 3.63) is 148 Å². The zero-order chi connectivity index (χ0) is 46.5. The van der Waals surface area contributed by atoms with Crippen molar-refractivity contribution < 1.29 is 18.1 Å². The number of piperazine rings is 1. The molecule has 0 bridgehead atoms. The normalized spacial score (nSPS) is 14.5. The summed E-state index contributed by atoms with van der Waals surface area (Å²) in [7, 11) is 1.82. The molecule has 0 unspecified atom stereocenters. The number of carbonyl (C=O) groups excluding carboxylic acids is 1. The van der Waals surface area contributed by atoms with Crippen molar-refractivity contribution in [3.8, 4) is 22.4 Å². The molecule has 344 valence electrons. The van der Waals surface area contributed by atoms with Crippen LogP contribution in [0.5, 0.6) is 0 Å². The molecule has 16 heteroatoms. The van der Waals surface area contributed by atoms with Gasteiger partial charge in [-0.3, -0.25) is 19.6 Å². The van der Waals surface area contributed by atoms with Crippen molar-refractivity contribution in [2.24, 2.45) is 7.05 Å². The minimum atomic E-state index is -4.15. The Bertz CT molecular complexity index is 2790. The highest BCUT2D eigenvalue weighted by Crippen LogP contribution is 2.41. The molecule has 0 saturated carbocycles. The van der Waals surface area contributed by atoms with E-state index in [4.69, 9.17) is 11.6 Å². The number of benzene rings is 5. The average Bonchev–Trinajstić information content (AvgIpc) is 3.56. The number of anilines is 4. The zero-order valence-electron chi connectivity index (χ0n) is 37.6. The minimum Gasteiger partial charge on any atom is -0.376 e. The molecule has 2 saturated heterocycles. The molecule has 3 heterocycles. The summed E-state index contributed by atoms with van der Waals surface area (Å²) in [5, 5.41) is 16.3. The second-order valence-electron chi connectivity index (χ2n) is 17.1. The van der Waals surface area contributed by atoms with Crippen molar-refractivity contribution in [2.75, 3.05) is 85.5 Å². The Morgan fingerprint density at radius 2 is 1.52 bits per heavy atom. The lowest BCUT2D eigenvalue weighted by Crippen LogP contribution is -2.46. The van der Waals surface area contributed by atoms with Crippen LogP contribution in [0.25, 0.3) is 22.4 Å². The van der Waals surface area contributed by atoms with Gasteiger partial charge >= 0.3 is 0 Å². The maximum Gasteiger partial charge on any atom is 0.293 e. The summed E-state index contributed by atoms with van der Waals surface area (Å²) < 4.78 is 32.0. The molecule has 6 aromatic rings. The number of carbonyl (C=O) groups is 1. The molecular weight excluding hydrogens is 892 g/mol. The third-order valence-electron chi connectivity index (χ3n) is 12.4. The summed E-state index contributed by atoms with van der Waals surface area (Å²) in [4.78, 5) is 35.2. The molecule has 66 heavy (non-hydrogen) atoms. The van der Waals surface area contributed by atoms with E-state index >= 15 is 0 Å². The van der Waals surface area contributed by atoms with Gasteiger partial charge in [0.2, 0.25) is 0 Å². The summed E-state index contributed by atoms with van der Waals surface area (Å²) in [6.07, 6.45) is 1.74. The number of nitro benzene ring substituents is 1. The standard InChI is InChI=1S/C50H55ClN8O5S2/c1-35-47(50(60)58-25-9-26-58)48(49(55(35)4)36-14-16-38(51)17-15-36)37-10-8-11-42(32-37)57-30-28-56(29-31-57)41-20-18-39(19-21-41)53-66(63,64)44-22-23-45(46(33-44)59(61)62)52-40(24-27-54(2)3)34-65-43-12-6-5-7-13-43/h5-8,10-23,32-33,40,52-53H,9,24-31,34H2,1-4H3/t40-/m1/s1. The van der Waals surface area contributed by atoms with Crippen LogP contribution in [0.4, 0.5) is 28.4 Å². The Labute approximate surface area is 396 Å². The fraction of sp³-hybridized carbons (Fsp3) is 0.300. The van der Waals surface area contributed by atoms with Crippen LogP contribution in [-0.2, 0) is 17.1 Å². The van der Waals surface area contributed by atoms with Gasteiger partial charge in [0.1, 0.15) is 5.69 Å². The van der Waals surface area contributed by atoms with Crippen molar-refractivity contribution >= 4 is 67.7 Å². The quantitative estimate of drug-likeness (QED) is 0.0517. The highest BCUT2D eigenvalue weighted by molar-refractivity contribution is 7.99. The van der Waals surface area contributed by atoms with Gasteiger partial charge in [-0.1, -0.05) is 54.1 Å². The predicted molar refractivity (Wildman–Crippen MR) is 269 cm³/mol. The van der Waals surface area contributed by atoms with Crippen LogP contribution in [0, 0.1) is 17.0 Å². The van der Waals surface area contributed by atoms with E-state index in [1.807, 2.05) is 99.7 Å². The summed E-state index contributed by atoms with van der Waals surface area (Å²) in [6, 6.07) is 37.3. The molecule has 2 N–H and O–H groups in total. The van der Waals surface area contributed by atoms with E-state index in [1.54, 1.807) is 23.9 Å². The van der Waals surface area contributed by atoms with Gasteiger partial charge in [-0.15, -0.1) is 11.8 Å². The SMILES string of the molecule is Cc1c(C(=O)N2CCC2)c(-c2cccc(N3CCN(c4ccc(NS(=O)(=O)c5ccc(N[C@H](CCN(C)C)CSc6ccccc6)c([N+](=O)[O-])c5)cc4)CC3)c2)c(-c2ccc(Cl)cc2)n1C. The number of likely N-dealkylation sites (tertiary alicyclic amines) is 1. The van der Waals surface area contributed by atoms with Crippen LogP contribution in [0.3, 0.4) is 0 Å². The molecule has 2 fully saturated rings. The van der Waals surface area contributed by atoms with Gasteiger partial charge in [0.05, 0.1) is 21.1 Å². The first-order chi connectivity index (χ1) is 31.8. The van der Waals surface area contributed by atoms with Crippen LogP contribution in [0.15, 0.2) is 131 Å². The Morgan fingerprint density at radius 3 is 2.15 bits per heavy atom. The monoisotopic (exact) mass is 946 g/mol. The zero-order valence-corrected chi connectivity index (χ0v) is 40.0. The number of nitrogens with one attached hydrogen (secondary N) is 2. The van der Waals surface area contributed by atoms with E-state index in [1.165, 1.54) is 12.1 Å². The van der Waals surface area contributed by atoms with Gasteiger partial charge in [-0.2, -0.15) is 0 Å². The Morgan fingerprint density at radius 1 is 0.833 bits per heavy atom. The number of rotatable bonds is 17. The van der Waals surface area contributed by atoms with Gasteiger partial charge in [-0.05, 0) is 124 Å². The molecule has 0 aliphatic carbocycles. The lowest BCUT2D eigenvalue weighted by molar-refractivity contribution is -0.384. The molecule has 2 aliphatic rings. The fourth-order valence-electron chi connectivity index (χ4n) is 8.50. The molecule has 13 nitrogen and oxygen atoms in total. The maximum atomic E-state index is 14.0. The van der Waals surface area contributed by atoms with Crippen molar-refractivity contribution in [2.45, 2.75) is 35.6 Å². The molecule has 0 radical (unpaired) electrons. The number of nitrogens with zero attached hydrogens (tertiary/aromatic N) is 6. The third kappa shape index (κ3) is 10.5. The Balaban J connectivity index is 0.934. The largest absolute Gasteiger partial charge is 0.376 e. The van der Waals surface area contributed by atoms with Gasteiger partial charge < -0.3 is 29.5 Å². The minimum absolute atomic E-state index is 0.0579. The second-order valence-corrected chi connectivity index (χ2v) is 20.3. The fourth-order valence-corrected chi connectivity index (χ4v) is 10.7. The molecule has 8 rings (SSSR count). The highest BCUT2D eigenvalue weighted by Gasteiger charge is 2.32. The number of thioether (sulfide) groups is 1. The average molecular weight is 948 g/mol. The van der Waals surface area contributed by atoms with Gasteiger partial charge in [0, 0.05) is 102 Å². The van der Waals surface area contributed by atoms with Crippen molar-refractivity contribution in [1.29, 1.82) is 0 Å². The first-order valence-corrected chi connectivity index (χ1v) is 25.0. The molecule has 2 aliphatic heterocycles. The van der Waals surface area contributed by atoms with E-state index in [-0.39, 0.29) is 28.2 Å². The predicted octanol–water partition coefficient (Wildman–Crippen LogP) is 9.73. The molecule has 1 aromatic heterocycles. The Hall–Kier alpha value is -6.00. The second kappa shape index (κ2) is 20.3. The number of sulfonamides is 1. The lowest BCUT2D eigenvalue weighted by Gasteiger charge is -2.37. The molecular formula is C50H55ClN8O5S2. The van der Waals surface area contributed by atoms with E-state index in [0.717, 1.165) is 115 Å². The smallest absolute Gasteiger partial charge is 0.293 e. The van der Waals surface area contributed by atoms with E-state index in [0.29, 0.717) is 16.5 Å². The van der Waals surface area contributed by atoms with Crippen LogP contribution >= 0.6 is 23.4 Å². The summed E-state index contributed by atoms with van der Waals surface area (Å²) in [6.45, 7) is 7.29. The van der Waals surface area contributed by atoms with Crippen molar-refractivity contribution in [3.63, 3.8) is 0 Å². The topological polar surface area (TPSA) is 136 Å². The number of hydrogen-bond acceptors (Lipinski definition) is 10. The van der Waals surface area contributed by atoms with E-state index in [9.17, 15) is 23.3 Å². The summed E-state index contributed by atoms with van der Waals surface area (Å²) >= 11 is 7.95. The first kappa shape index (κ1) is 46.5. The number of halogens is 1. The Kier molecular flexibility index (Phi) is 14.3. The van der Waals surface area contributed by atoms with Crippen LogP contribution in [-0.4, -0.2) is 105 Å². The van der Waals surface area contributed by atoms with Gasteiger partial charge in [0.25, 0.3) is 21.6 Å². The lowest BCUT2D eigenvalue weighted by atomic mass is 9.95. The maximum absolute atomic E-state index is 14.0. The van der Waals surface area contributed by atoms with E-state index in [2.05, 4.69) is 53.6 Å². The number of amides is 1. The molecule has 1 atom stereocenters. The molecule has 1 amide bonds. The van der Waals surface area contributed by atoms with E-state index < -0.39 is 14.9 Å². The molecule has 5 aromatic carbocycles. The number of aromatic nitrogens is 1. The number of hydrogen-bond donors (Lipinski definition) is 2.